The molecule has 39 heavy (non-hydrogen) atoms. The minimum atomic E-state index is -3.62. The number of nitrogens with one attached hydrogen (secondary N) is 2. The molecule has 8 nitrogen and oxygen atoms in total. The van der Waals surface area contributed by atoms with Gasteiger partial charge in [0, 0.05) is 50.3 Å². The number of amides is 1. The lowest BCUT2D eigenvalue weighted by Gasteiger charge is -2.42. The highest BCUT2D eigenvalue weighted by atomic mass is 32.2. The van der Waals surface area contributed by atoms with Gasteiger partial charge < -0.3 is 20.4 Å². The minimum Gasteiger partial charge on any atom is -0.379 e. The summed E-state index contributed by atoms with van der Waals surface area (Å²) in [6, 6.07) is 11.2. The number of hydrogen-bond donors (Lipinski definition) is 2. The number of unbranched alkanes of at least 4 members (excludes halogenated alkanes) is 3. The van der Waals surface area contributed by atoms with Crippen LogP contribution in [0, 0.1) is 17.0 Å². The summed E-state index contributed by atoms with van der Waals surface area (Å²) in [4.78, 5) is 14.4. The quantitative estimate of drug-likeness (QED) is 0.200. The Morgan fingerprint density at radius 1 is 1.10 bits per heavy atom. The lowest BCUT2D eigenvalue weighted by atomic mass is 10.1. The second-order valence-corrected chi connectivity index (χ2v) is 11.4. The molecular formula is C28H36F2N4O4S. The van der Waals surface area contributed by atoms with Crippen molar-refractivity contribution in [3.8, 4) is 0 Å². The van der Waals surface area contributed by atoms with Crippen LogP contribution in [0.3, 0.4) is 0 Å². The van der Waals surface area contributed by atoms with Crippen molar-refractivity contribution in [2.75, 3.05) is 38.2 Å². The maximum atomic E-state index is 13.5. The molecule has 1 amide bonds. The average molecular weight is 563 g/mol. The van der Waals surface area contributed by atoms with Gasteiger partial charge in [-0.2, -0.15) is 4.31 Å². The van der Waals surface area contributed by atoms with Gasteiger partial charge in [-0.3, -0.25) is 4.79 Å². The van der Waals surface area contributed by atoms with E-state index in [9.17, 15) is 22.0 Å². The fraction of sp³-hybridized carbons (Fsp3) is 0.429. The van der Waals surface area contributed by atoms with E-state index in [1.807, 2.05) is 6.07 Å². The Kier molecular flexibility index (Phi) is 11.6. The third-order valence-corrected chi connectivity index (χ3v) is 8.19. The van der Waals surface area contributed by atoms with Gasteiger partial charge in [0.05, 0.1) is 24.1 Å². The lowest BCUT2D eigenvalue weighted by Crippen LogP contribution is -2.56. The van der Waals surface area contributed by atoms with E-state index in [0.29, 0.717) is 18.2 Å². The minimum absolute atomic E-state index is 0.0538. The second-order valence-electron chi connectivity index (χ2n) is 9.44. The lowest BCUT2D eigenvalue weighted by molar-refractivity contribution is -0.112. The zero-order valence-corrected chi connectivity index (χ0v) is 22.9. The van der Waals surface area contributed by atoms with E-state index < -0.39 is 33.6 Å². The molecule has 212 valence electrons. The average Bonchev–Trinajstić information content (AvgIpc) is 2.89. The molecule has 0 aromatic heterocycles. The van der Waals surface area contributed by atoms with Crippen molar-refractivity contribution < 1.29 is 26.7 Å². The van der Waals surface area contributed by atoms with Crippen molar-refractivity contribution in [1.29, 1.82) is 5.41 Å². The fourth-order valence-corrected chi connectivity index (χ4v) is 5.99. The summed E-state index contributed by atoms with van der Waals surface area (Å²) >= 11 is 0. The van der Waals surface area contributed by atoms with Crippen LogP contribution in [0.1, 0.15) is 38.2 Å². The van der Waals surface area contributed by atoms with Gasteiger partial charge in [0.25, 0.3) is 5.91 Å². The zero-order chi connectivity index (χ0) is 28.3. The summed E-state index contributed by atoms with van der Waals surface area (Å²) in [5.41, 5.74) is 0.875. The van der Waals surface area contributed by atoms with Gasteiger partial charge in [0.1, 0.15) is 11.6 Å². The number of anilines is 1. The molecule has 2 aromatic carbocycles. The number of nitrogens with zero attached hydrogens (tertiary/aromatic N) is 2. The van der Waals surface area contributed by atoms with Crippen LogP contribution in [-0.2, 0) is 25.3 Å². The highest BCUT2D eigenvalue weighted by molar-refractivity contribution is 7.88. The topological polar surface area (TPSA) is 103 Å². The molecule has 0 bridgehead atoms. The van der Waals surface area contributed by atoms with Crippen molar-refractivity contribution in [3.63, 3.8) is 0 Å². The van der Waals surface area contributed by atoms with Crippen LogP contribution in [0.2, 0.25) is 0 Å². The summed E-state index contributed by atoms with van der Waals surface area (Å²) < 4.78 is 60.8. The molecule has 0 saturated carbocycles. The van der Waals surface area contributed by atoms with Gasteiger partial charge in [-0.1, -0.05) is 56.5 Å². The molecule has 1 aliphatic heterocycles. The maximum Gasteiger partial charge on any atom is 0.250 e. The summed E-state index contributed by atoms with van der Waals surface area (Å²) in [5, 5.41) is 10.3. The first-order valence-electron chi connectivity index (χ1n) is 13.1. The number of rotatable bonds is 14. The number of piperazine rings is 1. The van der Waals surface area contributed by atoms with E-state index in [1.54, 1.807) is 29.2 Å². The van der Waals surface area contributed by atoms with Gasteiger partial charge in [-0.15, -0.1) is 0 Å². The predicted molar refractivity (Wildman–Crippen MR) is 148 cm³/mol. The normalized spacial score (nSPS) is 16.7. The largest absolute Gasteiger partial charge is 0.379 e. The summed E-state index contributed by atoms with van der Waals surface area (Å²) in [7, 11) is -3.62. The number of benzene rings is 2. The molecule has 1 fully saturated rings. The molecule has 0 spiro atoms. The van der Waals surface area contributed by atoms with E-state index in [-0.39, 0.29) is 43.4 Å². The molecule has 11 heteroatoms. The maximum absolute atomic E-state index is 13.5. The Hall–Kier alpha value is -3.15. The van der Waals surface area contributed by atoms with Crippen LogP contribution in [0.5, 0.6) is 0 Å². The van der Waals surface area contributed by atoms with Crippen LogP contribution in [0.15, 0.2) is 60.3 Å². The molecular weight excluding hydrogens is 526 g/mol. The van der Waals surface area contributed by atoms with Crippen LogP contribution in [0.25, 0.3) is 0 Å². The number of halogens is 2. The number of sulfonamides is 1. The van der Waals surface area contributed by atoms with Crippen LogP contribution < -0.4 is 5.32 Å². The number of carbonyl (C=O) groups is 1. The molecule has 1 atom stereocenters. The first-order chi connectivity index (χ1) is 18.7. The van der Waals surface area contributed by atoms with Gasteiger partial charge in [0.2, 0.25) is 10.0 Å². The number of hydrogen-bond acceptors (Lipinski definition) is 6. The number of carbonyl (C=O) groups excluding carboxylic acids is 1. The van der Waals surface area contributed by atoms with Crippen LogP contribution >= 0.6 is 0 Å². The standard InChI is InChI=1S/C28H36F2N4O4S/c1-2-3-4-8-13-38-20-27-19-33(39(36,37)21-22-9-6-5-7-10-22)11-12-34(27)26(18-31)17-28(35)32-25-15-23(29)14-24(30)16-25/h5-7,9-10,14-18,27,31H,2-4,8,11-13,19-21H2,1H3,(H,32,35). The monoisotopic (exact) mass is 562 g/mol. The molecule has 1 saturated heterocycles. The van der Waals surface area contributed by atoms with E-state index in [0.717, 1.165) is 50.1 Å². The molecule has 3 rings (SSSR count). The molecule has 1 aliphatic rings. The van der Waals surface area contributed by atoms with Crippen molar-refractivity contribution in [3.05, 3.63) is 77.5 Å². The number of ether oxygens (including phenoxy) is 1. The third kappa shape index (κ3) is 9.52. The van der Waals surface area contributed by atoms with E-state index in [2.05, 4.69) is 12.2 Å². The van der Waals surface area contributed by atoms with Crippen molar-refractivity contribution in [2.24, 2.45) is 0 Å². The van der Waals surface area contributed by atoms with Crippen LogP contribution in [0.4, 0.5) is 14.5 Å². The Morgan fingerprint density at radius 2 is 1.82 bits per heavy atom. The first-order valence-corrected chi connectivity index (χ1v) is 14.7. The highest BCUT2D eigenvalue weighted by Gasteiger charge is 2.34. The Labute approximate surface area is 229 Å². The van der Waals surface area contributed by atoms with E-state index in [1.165, 1.54) is 4.31 Å². The Bertz CT molecular complexity index is 1220. The van der Waals surface area contributed by atoms with Crippen molar-refractivity contribution in [2.45, 2.75) is 44.4 Å². The number of allylic oxidation sites excluding steroid dienone is 1. The summed E-state index contributed by atoms with van der Waals surface area (Å²) in [6.45, 7) is 3.40. The first kappa shape index (κ1) is 30.4. The predicted octanol–water partition coefficient (Wildman–Crippen LogP) is 4.55. The summed E-state index contributed by atoms with van der Waals surface area (Å²) in [6.07, 6.45) is 6.30. The fourth-order valence-electron chi connectivity index (χ4n) is 4.43. The van der Waals surface area contributed by atoms with Gasteiger partial charge in [0.15, 0.2) is 0 Å². The van der Waals surface area contributed by atoms with Crippen molar-refractivity contribution >= 4 is 27.8 Å². The Morgan fingerprint density at radius 3 is 2.49 bits per heavy atom. The zero-order valence-electron chi connectivity index (χ0n) is 22.1. The molecule has 0 radical (unpaired) electrons. The Balaban J connectivity index is 1.75. The summed E-state index contributed by atoms with van der Waals surface area (Å²) in [5.74, 6) is -2.45. The molecule has 2 aromatic rings. The molecule has 0 aliphatic carbocycles. The van der Waals surface area contributed by atoms with Gasteiger partial charge in [-0.05, 0) is 24.1 Å². The molecule has 2 N–H and O–H groups in total. The molecule has 1 unspecified atom stereocenters. The highest BCUT2D eigenvalue weighted by Crippen LogP contribution is 2.21. The second kappa shape index (κ2) is 14.9. The third-order valence-electron chi connectivity index (χ3n) is 6.37. The van der Waals surface area contributed by atoms with Gasteiger partial charge in [-0.25, -0.2) is 17.2 Å². The molecule has 1 heterocycles. The van der Waals surface area contributed by atoms with E-state index >= 15 is 0 Å². The van der Waals surface area contributed by atoms with Gasteiger partial charge >= 0.3 is 0 Å². The smallest absolute Gasteiger partial charge is 0.250 e. The van der Waals surface area contributed by atoms with Crippen LogP contribution in [-0.4, -0.2) is 68.6 Å². The SMILES string of the molecule is CCCCCCOCC1CN(S(=O)(=O)Cc2ccccc2)CCN1C(C=N)=CC(=O)Nc1cc(F)cc(F)c1. The van der Waals surface area contributed by atoms with E-state index in [4.69, 9.17) is 10.1 Å². The van der Waals surface area contributed by atoms with Crippen molar-refractivity contribution in [1.82, 2.24) is 9.21 Å².